The Bertz CT molecular complexity index is 998. The van der Waals surface area contributed by atoms with Crippen molar-refractivity contribution in [2.45, 2.75) is 18.6 Å². The summed E-state index contributed by atoms with van der Waals surface area (Å²) < 4.78 is 38.9. The van der Waals surface area contributed by atoms with Gasteiger partial charge in [-0.1, -0.05) is 30.3 Å². The zero-order chi connectivity index (χ0) is 23.1. The van der Waals surface area contributed by atoms with E-state index in [4.69, 9.17) is 5.11 Å². The van der Waals surface area contributed by atoms with Gasteiger partial charge in [0, 0.05) is 12.1 Å². The van der Waals surface area contributed by atoms with E-state index in [1.165, 1.54) is 26.1 Å². The quantitative estimate of drug-likeness (QED) is 0.371. The third kappa shape index (κ3) is 7.15. The number of sulfonamides is 1. The number of benzene rings is 2. The molecule has 164 valence electrons. The Morgan fingerprint density at radius 3 is 2.33 bits per heavy atom. The smallest absolute Gasteiger partial charge is 0.270 e. The molecule has 0 radical (unpaired) electrons. The van der Waals surface area contributed by atoms with E-state index in [-0.39, 0.29) is 11.3 Å². The Morgan fingerprint density at radius 1 is 1.30 bits per heavy atom. The fourth-order valence-corrected chi connectivity index (χ4v) is 3.57. The van der Waals surface area contributed by atoms with Crippen molar-refractivity contribution in [3.63, 3.8) is 0 Å². The molecule has 30 heavy (non-hydrogen) atoms. The molecular formula is C18H22FN3O7S. The number of nitro benzene ring substituents is 1. The molecule has 0 aromatic heterocycles. The maximum Gasteiger partial charge on any atom is 0.270 e. The van der Waals surface area contributed by atoms with Gasteiger partial charge in [0.1, 0.15) is 23.2 Å². The standard InChI is InChI=1S/C10H14FN3O4S.C8H8O3/c1-10(12,6-19(17,18)13-2)8-5-7(14(15)16)3-4-9(8)11;9-7(8(10)11)6-4-2-1-3-5-6/h3-5,13H,6,12H2,1-2H3;1-5,7,9H,(H,10,11)/t10-;7-/m01/s1. The van der Waals surface area contributed by atoms with Gasteiger partial charge in [0.15, 0.2) is 0 Å². The summed E-state index contributed by atoms with van der Waals surface area (Å²) in [6, 6.07) is 11.1. The number of nitrogens with zero attached hydrogens (tertiary/aromatic N) is 1. The van der Waals surface area contributed by atoms with E-state index in [1.54, 1.807) is 18.2 Å². The number of carbonyl (C=O) groups is 1. The Hall–Kier alpha value is -2.93. The Kier molecular flexibility index (Phi) is 8.54. The fourth-order valence-electron chi connectivity index (χ4n) is 2.43. The maximum absolute atomic E-state index is 13.7. The van der Waals surface area contributed by atoms with Crippen molar-refractivity contribution >= 4 is 21.7 Å². The summed E-state index contributed by atoms with van der Waals surface area (Å²) >= 11 is 0. The number of hydrogen-bond acceptors (Lipinski definition) is 7. The summed E-state index contributed by atoms with van der Waals surface area (Å²) in [5, 5.41) is 29.7. The van der Waals surface area contributed by atoms with Crippen LogP contribution in [0.4, 0.5) is 10.1 Å². The summed E-state index contributed by atoms with van der Waals surface area (Å²) in [5.74, 6) is -2.68. The van der Waals surface area contributed by atoms with Gasteiger partial charge in [0.05, 0.1) is 16.5 Å². The number of nitrogens with one attached hydrogen (secondary N) is 1. The van der Waals surface area contributed by atoms with E-state index < -0.39 is 44.1 Å². The van der Waals surface area contributed by atoms with Gasteiger partial charge >= 0.3 is 0 Å². The second-order valence-electron chi connectivity index (χ2n) is 6.58. The molecule has 0 amide bonds. The Morgan fingerprint density at radius 2 is 1.87 bits per heavy atom. The second kappa shape index (κ2) is 10.2. The number of carboxylic acid groups (broad SMARTS) is 1. The van der Waals surface area contributed by atoms with Crippen LogP contribution in [0.15, 0.2) is 48.5 Å². The molecule has 10 nitrogen and oxygen atoms in total. The van der Waals surface area contributed by atoms with Crippen molar-refractivity contribution in [1.29, 1.82) is 0 Å². The molecule has 2 aromatic carbocycles. The number of aliphatic carboxylic acids is 1. The van der Waals surface area contributed by atoms with Gasteiger partial charge in [-0.3, -0.25) is 10.1 Å². The monoisotopic (exact) mass is 443 g/mol. The lowest BCUT2D eigenvalue weighted by Crippen LogP contribution is -2.71. The summed E-state index contributed by atoms with van der Waals surface area (Å²) in [5.41, 5.74) is 2.24. The average Bonchev–Trinajstić information content (AvgIpc) is 2.67. The number of aliphatic hydroxyl groups is 1. The topological polar surface area (TPSA) is 177 Å². The maximum atomic E-state index is 13.7. The first kappa shape index (κ1) is 25.1. The van der Waals surface area contributed by atoms with E-state index in [0.29, 0.717) is 5.56 Å². The molecule has 0 heterocycles. The van der Waals surface area contributed by atoms with Gasteiger partial charge in [-0.15, -0.1) is 0 Å². The molecule has 2 atom stereocenters. The van der Waals surface area contributed by atoms with Gasteiger partial charge < -0.3 is 20.7 Å². The van der Waals surface area contributed by atoms with Gasteiger partial charge in [-0.2, -0.15) is 0 Å². The molecule has 0 aliphatic heterocycles. The number of aliphatic hydroxyl groups excluding tert-OH is 1. The van der Waals surface area contributed by atoms with Crippen LogP contribution in [0.25, 0.3) is 0 Å². The van der Waals surface area contributed by atoms with Gasteiger partial charge in [-0.25, -0.2) is 17.5 Å². The molecule has 12 heteroatoms. The molecule has 0 fully saturated rings. The lowest BCUT2D eigenvalue weighted by atomic mass is 9.94. The molecule has 0 unspecified atom stereocenters. The minimum Gasteiger partial charge on any atom is -0.547 e. The zero-order valence-electron chi connectivity index (χ0n) is 16.2. The Labute approximate surface area is 172 Å². The number of non-ortho nitro benzene ring substituents is 1. The van der Waals surface area contributed by atoms with Gasteiger partial charge in [0.25, 0.3) is 5.69 Å². The first-order valence-electron chi connectivity index (χ1n) is 8.45. The van der Waals surface area contributed by atoms with E-state index in [9.17, 15) is 32.8 Å². The summed E-state index contributed by atoms with van der Waals surface area (Å²) in [6.45, 7) is 1.41. The minimum atomic E-state index is -3.62. The number of hydrogen-bond donors (Lipinski definition) is 3. The number of quaternary nitrogens is 1. The lowest BCUT2D eigenvalue weighted by Gasteiger charge is -2.21. The predicted octanol–water partition coefficient (Wildman–Crippen LogP) is -0.790. The van der Waals surface area contributed by atoms with Crippen LogP contribution in [0, 0.1) is 15.9 Å². The van der Waals surface area contributed by atoms with Crippen LogP contribution >= 0.6 is 0 Å². The van der Waals surface area contributed by atoms with E-state index in [2.05, 4.69) is 10.5 Å². The van der Waals surface area contributed by atoms with Crippen LogP contribution in [0.1, 0.15) is 24.2 Å². The fraction of sp³-hybridized carbons (Fsp3) is 0.278. The van der Waals surface area contributed by atoms with Crippen molar-refractivity contribution in [2.75, 3.05) is 12.8 Å². The summed E-state index contributed by atoms with van der Waals surface area (Å²) in [6.07, 6.45) is -1.52. The van der Waals surface area contributed by atoms with E-state index >= 15 is 0 Å². The Balaban J connectivity index is 0.000000346. The summed E-state index contributed by atoms with van der Waals surface area (Å²) in [4.78, 5) is 20.1. The highest BCUT2D eigenvalue weighted by molar-refractivity contribution is 7.89. The van der Waals surface area contributed by atoms with Crippen LogP contribution in [0.2, 0.25) is 0 Å². The second-order valence-corrected chi connectivity index (χ2v) is 8.50. The van der Waals surface area contributed by atoms with Crippen LogP contribution < -0.4 is 15.6 Å². The normalized spacial score (nSPS) is 14.0. The first-order valence-corrected chi connectivity index (χ1v) is 10.1. The highest BCUT2D eigenvalue weighted by atomic mass is 32.2. The third-order valence-electron chi connectivity index (χ3n) is 3.97. The molecule has 0 saturated carbocycles. The molecule has 0 saturated heterocycles. The summed E-state index contributed by atoms with van der Waals surface area (Å²) in [7, 11) is -2.39. The third-order valence-corrected chi connectivity index (χ3v) is 5.61. The molecule has 2 aromatic rings. The van der Waals surface area contributed by atoms with Crippen LogP contribution in [0.5, 0.6) is 0 Å². The van der Waals surface area contributed by atoms with Crippen LogP contribution in [0.3, 0.4) is 0 Å². The number of carbonyl (C=O) groups excluding carboxylic acids is 1. The zero-order valence-corrected chi connectivity index (χ0v) is 17.1. The molecule has 2 rings (SSSR count). The van der Waals surface area contributed by atoms with E-state index in [0.717, 1.165) is 18.2 Å². The number of carboxylic acids is 1. The average molecular weight is 443 g/mol. The van der Waals surface area contributed by atoms with E-state index in [1.807, 2.05) is 0 Å². The highest BCUT2D eigenvalue weighted by Gasteiger charge is 2.35. The number of rotatable bonds is 7. The predicted molar refractivity (Wildman–Crippen MR) is 103 cm³/mol. The SMILES string of the molecule is CNS(=O)(=O)C[C@](C)([NH3+])c1cc([N+](=O)[O-])ccc1F.O=C([O-])[C@H](O)c1ccccc1. The molecule has 5 N–H and O–H groups in total. The number of halogens is 1. The molecule has 0 bridgehead atoms. The molecule has 0 aliphatic carbocycles. The largest absolute Gasteiger partial charge is 0.547 e. The minimum absolute atomic E-state index is 0.111. The molecule has 0 aliphatic rings. The van der Waals surface area contributed by atoms with Crippen LogP contribution in [-0.4, -0.2) is 37.2 Å². The van der Waals surface area contributed by atoms with Gasteiger partial charge in [0.2, 0.25) is 10.0 Å². The van der Waals surface area contributed by atoms with Crippen molar-refractivity contribution in [1.82, 2.24) is 4.72 Å². The molecule has 0 spiro atoms. The first-order chi connectivity index (χ1) is 13.8. The van der Waals surface area contributed by atoms with Gasteiger partial charge in [-0.05, 0) is 25.6 Å². The highest BCUT2D eigenvalue weighted by Crippen LogP contribution is 2.25. The van der Waals surface area contributed by atoms with Crippen molar-refractivity contribution in [2.24, 2.45) is 0 Å². The molecular weight excluding hydrogens is 421 g/mol. The van der Waals surface area contributed by atoms with Crippen LogP contribution in [-0.2, 0) is 20.4 Å². The van der Waals surface area contributed by atoms with Crippen molar-refractivity contribution in [3.8, 4) is 0 Å². The lowest BCUT2D eigenvalue weighted by molar-refractivity contribution is -0.474. The number of nitro groups is 1. The van der Waals surface area contributed by atoms with Crippen molar-refractivity contribution < 1.29 is 38.5 Å². The van der Waals surface area contributed by atoms with Crippen molar-refractivity contribution in [3.05, 3.63) is 75.6 Å².